The summed E-state index contributed by atoms with van der Waals surface area (Å²) in [6, 6.07) is 0.205. The Labute approximate surface area is 241 Å². The Hall–Kier alpha value is -3.19. The normalized spacial score (nSPS) is 33.4. The number of hydrogen-bond donors (Lipinski definition) is 4. The second-order valence-electron chi connectivity index (χ2n) is 11.9. The lowest BCUT2D eigenvalue weighted by atomic mass is 9.52. The number of phenolic OH excluding ortho intramolecular Hbond substituents is 1. The smallest absolute Gasteiger partial charge is 0.235 e. The summed E-state index contributed by atoms with van der Waals surface area (Å²) in [5.74, 6) is -11.1. The summed E-state index contributed by atoms with van der Waals surface area (Å²) in [7, 11) is 3.06. The Morgan fingerprint density at radius 3 is 2.51 bits per heavy atom. The predicted molar refractivity (Wildman–Crippen MR) is 144 cm³/mol. The third-order valence-corrected chi connectivity index (χ3v) is 9.61. The van der Waals surface area contributed by atoms with Crippen LogP contribution in [-0.4, -0.2) is 99.8 Å². The number of aromatic hydroxyl groups is 1. The van der Waals surface area contributed by atoms with Crippen LogP contribution in [0, 0.1) is 23.7 Å². The molecule has 4 aliphatic rings. The highest BCUT2D eigenvalue weighted by Crippen LogP contribution is 2.51. The molecule has 13 heteroatoms. The first-order valence-corrected chi connectivity index (χ1v) is 13.9. The van der Waals surface area contributed by atoms with E-state index in [0.717, 1.165) is 6.42 Å². The van der Waals surface area contributed by atoms with Crippen molar-refractivity contribution >= 4 is 46.5 Å². The Balaban J connectivity index is 1.50. The zero-order valence-electron chi connectivity index (χ0n) is 23.0. The van der Waals surface area contributed by atoms with Gasteiger partial charge < -0.3 is 21.3 Å². The molecule has 1 aliphatic heterocycles. The number of rotatable bonds is 5. The van der Waals surface area contributed by atoms with Gasteiger partial charge in [-0.3, -0.25) is 38.6 Å². The summed E-state index contributed by atoms with van der Waals surface area (Å²) in [6.45, 7) is 3.10. The summed E-state index contributed by atoms with van der Waals surface area (Å²) in [5.41, 5.74) is 3.38. The van der Waals surface area contributed by atoms with Gasteiger partial charge in [-0.2, -0.15) is 0 Å². The van der Waals surface area contributed by atoms with Gasteiger partial charge in [0.15, 0.2) is 34.7 Å². The molecule has 1 aromatic carbocycles. The lowest BCUT2D eigenvalue weighted by Crippen LogP contribution is -2.74. The number of likely N-dealkylation sites (tertiary alicyclic amines) is 1. The predicted octanol–water partition coefficient (Wildman–Crippen LogP) is -0.769. The van der Waals surface area contributed by atoms with Crippen LogP contribution in [0.1, 0.15) is 41.3 Å². The number of carbonyl (C=O) groups is 6. The molecule has 2 saturated carbocycles. The highest BCUT2D eigenvalue weighted by atomic mass is 35.5. The molecule has 220 valence electrons. The first-order chi connectivity index (χ1) is 19.2. The van der Waals surface area contributed by atoms with E-state index in [1.165, 1.54) is 32.0 Å². The van der Waals surface area contributed by atoms with Gasteiger partial charge >= 0.3 is 0 Å². The minimum atomic E-state index is -2.77. The number of likely N-dealkylation sites (N-methyl/N-ethyl adjacent to an activating group) is 1. The van der Waals surface area contributed by atoms with E-state index in [0.29, 0.717) is 30.8 Å². The van der Waals surface area contributed by atoms with Gasteiger partial charge in [-0.25, -0.2) is 0 Å². The maximum atomic E-state index is 13.9. The first-order valence-electron chi connectivity index (χ1n) is 13.6. The van der Waals surface area contributed by atoms with E-state index in [2.05, 4.69) is 10.2 Å². The van der Waals surface area contributed by atoms with Crippen LogP contribution in [0.2, 0.25) is 5.02 Å². The van der Waals surface area contributed by atoms with Gasteiger partial charge in [0.25, 0.3) is 0 Å². The van der Waals surface area contributed by atoms with E-state index in [4.69, 9.17) is 17.3 Å². The van der Waals surface area contributed by atoms with Crippen LogP contribution in [0.5, 0.6) is 5.75 Å². The van der Waals surface area contributed by atoms with Gasteiger partial charge in [-0.05, 0) is 56.5 Å². The molecular formula is C28H33ClN4O8. The van der Waals surface area contributed by atoms with Crippen LogP contribution in [0.15, 0.2) is 6.07 Å². The molecule has 12 nitrogen and oxygen atoms in total. The van der Waals surface area contributed by atoms with Crippen LogP contribution in [-0.2, 0) is 36.9 Å². The van der Waals surface area contributed by atoms with Crippen molar-refractivity contribution < 1.29 is 39.0 Å². The maximum absolute atomic E-state index is 13.9. The number of nitrogens with zero attached hydrogens (tertiary/aromatic N) is 2. The Bertz CT molecular complexity index is 1400. The molecule has 5 rings (SSSR count). The number of carbonyl (C=O) groups excluding carboxylic acids is 6. The third kappa shape index (κ3) is 4.48. The maximum Gasteiger partial charge on any atom is 0.235 e. The molecule has 1 aromatic rings. The average Bonchev–Trinajstić information content (AvgIpc) is 3.29. The highest BCUT2D eigenvalue weighted by Gasteiger charge is 2.69. The second kappa shape index (κ2) is 10.3. The van der Waals surface area contributed by atoms with Crippen LogP contribution in [0.25, 0.3) is 0 Å². The van der Waals surface area contributed by atoms with E-state index in [9.17, 15) is 39.0 Å². The number of aliphatic hydroxyl groups is 1. The number of fused-ring (bicyclic) bond motifs is 3. The lowest BCUT2D eigenvalue weighted by molar-refractivity contribution is -0.181. The van der Waals surface area contributed by atoms with E-state index in [1.807, 2.05) is 0 Å². The third-order valence-electron chi connectivity index (χ3n) is 9.14. The van der Waals surface area contributed by atoms with Crippen molar-refractivity contribution in [2.24, 2.45) is 29.4 Å². The number of nitrogens with one attached hydrogen (secondary N) is 1. The molecular weight excluding hydrogens is 556 g/mol. The zero-order valence-corrected chi connectivity index (χ0v) is 23.7. The van der Waals surface area contributed by atoms with E-state index >= 15 is 0 Å². The largest absolute Gasteiger partial charge is 0.507 e. The van der Waals surface area contributed by atoms with Crippen LogP contribution in [0.4, 0.5) is 0 Å². The van der Waals surface area contributed by atoms with Gasteiger partial charge in [0.1, 0.15) is 5.75 Å². The van der Waals surface area contributed by atoms with Crippen molar-refractivity contribution in [3.63, 3.8) is 0 Å². The molecule has 7 atom stereocenters. The number of amides is 2. The van der Waals surface area contributed by atoms with Gasteiger partial charge in [0.2, 0.25) is 11.8 Å². The molecule has 0 radical (unpaired) electrons. The zero-order chi connectivity index (χ0) is 30.1. The number of phenols is 1. The summed E-state index contributed by atoms with van der Waals surface area (Å²) < 4.78 is 0. The standard InChI is InChI=1S/C28H33ClN4O8/c1-11(34)31-14-4-5-33(10-14)9-13-8-17(35)19-15(21(13)29)6-12-7-16-22(32(2)3)24(37)20(27(30)40)26(39)28(16,41)25(38)18(12)23(19)36/h8,12,14,16,18,20,22,35,41H,4-7,9-10H2,1-3H3,(H2,30,40)(H,31,34)/t12-,14-,16-,18?,20?,22-,28-/m0/s1. The average molecular weight is 589 g/mol. The van der Waals surface area contributed by atoms with Gasteiger partial charge in [0.05, 0.1) is 17.5 Å². The van der Waals surface area contributed by atoms with Crippen molar-refractivity contribution in [3.05, 3.63) is 27.8 Å². The summed E-state index contributed by atoms with van der Waals surface area (Å²) in [5, 5.41) is 25.8. The summed E-state index contributed by atoms with van der Waals surface area (Å²) >= 11 is 6.81. The number of primary amides is 1. The van der Waals surface area contributed by atoms with Gasteiger partial charge in [-0.15, -0.1) is 0 Å². The van der Waals surface area contributed by atoms with Crippen LogP contribution < -0.4 is 11.1 Å². The van der Waals surface area contributed by atoms with Crippen molar-refractivity contribution in [3.8, 4) is 5.75 Å². The molecule has 41 heavy (non-hydrogen) atoms. The Kier molecular flexibility index (Phi) is 7.34. The van der Waals surface area contributed by atoms with Gasteiger partial charge in [-0.1, -0.05) is 11.6 Å². The fourth-order valence-electron chi connectivity index (χ4n) is 7.45. The fraction of sp³-hybridized carbons (Fsp3) is 0.571. The number of Topliss-reactive ketones (excluding diaryl/α,β-unsaturated/α-hetero) is 4. The molecule has 5 N–H and O–H groups in total. The number of benzene rings is 1. The summed E-state index contributed by atoms with van der Waals surface area (Å²) in [4.78, 5) is 81.2. The molecule has 0 aromatic heterocycles. The first kappa shape index (κ1) is 29.3. The molecule has 1 saturated heterocycles. The molecule has 3 aliphatic carbocycles. The number of halogens is 1. The number of ketones is 4. The molecule has 1 heterocycles. The Morgan fingerprint density at radius 1 is 1.22 bits per heavy atom. The quantitative estimate of drug-likeness (QED) is 0.318. The number of hydrogen-bond acceptors (Lipinski definition) is 10. The van der Waals surface area contributed by atoms with Gasteiger partial charge in [0, 0.05) is 43.5 Å². The molecule has 0 spiro atoms. The van der Waals surface area contributed by atoms with Crippen LogP contribution in [0.3, 0.4) is 0 Å². The SMILES string of the molecule is CC(=O)N[C@H]1CCN(Cc2cc(O)c3c(c2Cl)C[C@H]2C[C@H]4[C@H](N(C)C)C(=O)C(C(N)=O)C(=O)[C@@]4(O)C(=O)C2C3=O)C1. The van der Waals surface area contributed by atoms with Crippen molar-refractivity contribution in [2.75, 3.05) is 27.2 Å². The lowest BCUT2D eigenvalue weighted by Gasteiger charge is -2.52. The van der Waals surface area contributed by atoms with Crippen molar-refractivity contribution in [2.45, 2.75) is 50.4 Å². The monoisotopic (exact) mass is 588 g/mol. The molecule has 2 amide bonds. The summed E-state index contributed by atoms with van der Waals surface area (Å²) in [6.07, 6.45) is 0.806. The number of nitrogens with two attached hydrogens (primary N) is 1. The fourth-order valence-corrected chi connectivity index (χ4v) is 7.73. The minimum Gasteiger partial charge on any atom is -0.507 e. The van der Waals surface area contributed by atoms with Crippen molar-refractivity contribution in [1.82, 2.24) is 15.1 Å². The molecule has 3 fully saturated rings. The second-order valence-corrected chi connectivity index (χ2v) is 12.3. The topological polar surface area (TPSA) is 187 Å². The van der Waals surface area contributed by atoms with E-state index < -0.39 is 64.4 Å². The Morgan fingerprint density at radius 2 is 1.90 bits per heavy atom. The molecule has 0 bridgehead atoms. The van der Waals surface area contributed by atoms with E-state index in [-0.39, 0.29) is 41.1 Å². The van der Waals surface area contributed by atoms with Crippen LogP contribution >= 0.6 is 11.6 Å². The van der Waals surface area contributed by atoms with Crippen molar-refractivity contribution in [1.29, 1.82) is 0 Å². The minimum absolute atomic E-state index is 0.00782. The highest BCUT2D eigenvalue weighted by molar-refractivity contribution is 6.34. The van der Waals surface area contributed by atoms with E-state index in [1.54, 1.807) is 0 Å². The molecule has 2 unspecified atom stereocenters.